The summed E-state index contributed by atoms with van der Waals surface area (Å²) in [5.41, 5.74) is 1.06. The zero-order chi connectivity index (χ0) is 27.5. The molecule has 2 aromatic heterocycles. The molecule has 3 aromatic rings. The van der Waals surface area contributed by atoms with E-state index in [0.29, 0.717) is 54.9 Å². The minimum Gasteiger partial charge on any atom is -0.378 e. The van der Waals surface area contributed by atoms with Crippen molar-refractivity contribution in [2.45, 2.75) is 57.0 Å². The van der Waals surface area contributed by atoms with E-state index in [-0.39, 0.29) is 29.7 Å². The van der Waals surface area contributed by atoms with Gasteiger partial charge in [0.15, 0.2) is 5.82 Å². The number of hydrogen-bond donors (Lipinski definition) is 3. The van der Waals surface area contributed by atoms with Gasteiger partial charge in [-0.25, -0.2) is 13.8 Å². The predicted molar refractivity (Wildman–Crippen MR) is 148 cm³/mol. The number of nitrogens with zero attached hydrogens (tertiary/aromatic N) is 5. The molecule has 2 aliphatic heterocycles. The number of rotatable bonds is 7. The molecule has 4 heterocycles. The second-order valence-corrected chi connectivity index (χ2v) is 10.8. The first-order valence-electron chi connectivity index (χ1n) is 14.3. The zero-order valence-electron chi connectivity index (χ0n) is 22.5. The van der Waals surface area contributed by atoms with Gasteiger partial charge in [0.25, 0.3) is 6.43 Å². The fraction of sp³-hybridized carbons (Fsp3) is 0.571. The molecule has 2 saturated heterocycles. The van der Waals surface area contributed by atoms with Gasteiger partial charge in [0, 0.05) is 37.2 Å². The Labute approximate surface area is 231 Å². The number of amides is 1. The minimum absolute atomic E-state index is 0.101. The molecule has 0 bridgehead atoms. The first-order valence-corrected chi connectivity index (χ1v) is 14.3. The lowest BCUT2D eigenvalue weighted by Gasteiger charge is -2.32. The molecule has 10 nitrogen and oxygen atoms in total. The lowest BCUT2D eigenvalue weighted by molar-refractivity contribution is -0.126. The van der Waals surface area contributed by atoms with Gasteiger partial charge < -0.3 is 25.6 Å². The van der Waals surface area contributed by atoms with Crippen LogP contribution in [0.1, 0.15) is 50.8 Å². The number of piperidine rings is 1. The van der Waals surface area contributed by atoms with Crippen molar-refractivity contribution in [2.75, 3.05) is 49.6 Å². The normalized spacial score (nSPS) is 22.5. The molecule has 40 heavy (non-hydrogen) atoms. The van der Waals surface area contributed by atoms with E-state index in [9.17, 15) is 13.6 Å². The number of carbonyl (C=O) groups excluding carboxylic acids is 1. The van der Waals surface area contributed by atoms with Crippen LogP contribution in [0.2, 0.25) is 0 Å². The Kier molecular flexibility index (Phi) is 8.05. The number of imidazole rings is 1. The molecule has 3 fully saturated rings. The van der Waals surface area contributed by atoms with Gasteiger partial charge >= 0.3 is 0 Å². The summed E-state index contributed by atoms with van der Waals surface area (Å²) in [5.74, 6) is 1.35. The van der Waals surface area contributed by atoms with Crippen molar-refractivity contribution in [2.24, 2.45) is 5.92 Å². The van der Waals surface area contributed by atoms with Crippen LogP contribution in [0.25, 0.3) is 16.9 Å². The summed E-state index contributed by atoms with van der Waals surface area (Å²) < 4.78 is 35.2. The van der Waals surface area contributed by atoms with Crippen molar-refractivity contribution >= 4 is 28.7 Å². The average molecular weight is 555 g/mol. The molecule has 3 N–H and O–H groups in total. The van der Waals surface area contributed by atoms with E-state index in [1.807, 2.05) is 0 Å². The molecule has 1 saturated carbocycles. The highest BCUT2D eigenvalue weighted by Gasteiger charge is 2.28. The zero-order valence-corrected chi connectivity index (χ0v) is 22.5. The molecule has 0 atom stereocenters. The number of morpholine rings is 1. The summed E-state index contributed by atoms with van der Waals surface area (Å²) in [6.07, 6.45) is 2.46. The van der Waals surface area contributed by atoms with Crippen molar-refractivity contribution in [3.05, 3.63) is 36.2 Å². The Morgan fingerprint density at radius 1 is 0.950 bits per heavy atom. The third-order valence-corrected chi connectivity index (χ3v) is 8.16. The van der Waals surface area contributed by atoms with Gasteiger partial charge in [0.2, 0.25) is 11.9 Å². The van der Waals surface area contributed by atoms with Crippen LogP contribution in [0, 0.1) is 5.92 Å². The average Bonchev–Trinajstić information content (AvgIpc) is 3.39. The predicted octanol–water partition coefficient (Wildman–Crippen LogP) is 3.43. The summed E-state index contributed by atoms with van der Waals surface area (Å²) in [6.45, 7) is 4.26. The van der Waals surface area contributed by atoms with Gasteiger partial charge in [-0.1, -0.05) is 12.1 Å². The Morgan fingerprint density at radius 2 is 1.65 bits per heavy atom. The van der Waals surface area contributed by atoms with Crippen LogP contribution in [-0.2, 0) is 9.53 Å². The van der Waals surface area contributed by atoms with Crippen molar-refractivity contribution < 1.29 is 18.3 Å². The van der Waals surface area contributed by atoms with Crippen molar-refractivity contribution in [1.29, 1.82) is 0 Å². The topological polar surface area (TPSA) is 109 Å². The number of fused-ring (bicyclic) bond motifs is 1. The quantitative estimate of drug-likeness (QED) is 0.408. The first-order chi connectivity index (χ1) is 19.5. The second kappa shape index (κ2) is 12.0. The molecule has 12 heteroatoms. The van der Waals surface area contributed by atoms with Gasteiger partial charge in [-0.15, -0.1) is 0 Å². The van der Waals surface area contributed by atoms with Crippen molar-refractivity contribution in [3.63, 3.8) is 0 Å². The molecule has 0 radical (unpaired) electrons. The molecular weight excluding hydrogens is 518 g/mol. The number of hydrogen-bond acceptors (Lipinski definition) is 8. The number of halogens is 2. The van der Waals surface area contributed by atoms with Crippen molar-refractivity contribution in [1.82, 2.24) is 30.2 Å². The van der Waals surface area contributed by atoms with Gasteiger partial charge in [-0.05, 0) is 63.7 Å². The Hall–Kier alpha value is -3.38. The third-order valence-electron chi connectivity index (χ3n) is 8.16. The summed E-state index contributed by atoms with van der Waals surface area (Å²) in [5, 5.41) is 10.0. The van der Waals surface area contributed by atoms with E-state index in [1.54, 1.807) is 30.3 Å². The molecule has 1 aliphatic carbocycles. The monoisotopic (exact) mass is 554 g/mol. The SMILES string of the molecule is O=C(N[C@H]1CC[C@H](Nc2nc(N3CCOCC3)cc(-n3c(C(F)F)nc4ccccc43)n2)CC1)C1CCNCC1. The molecule has 1 aromatic carbocycles. The summed E-state index contributed by atoms with van der Waals surface area (Å²) >= 11 is 0. The molecule has 1 amide bonds. The smallest absolute Gasteiger partial charge is 0.296 e. The maximum atomic E-state index is 14.1. The number of ether oxygens (including phenoxy) is 1. The van der Waals surface area contributed by atoms with Gasteiger partial charge in [0.1, 0.15) is 11.6 Å². The molecule has 214 valence electrons. The van der Waals surface area contributed by atoms with Crippen LogP contribution >= 0.6 is 0 Å². The van der Waals surface area contributed by atoms with Crippen LogP contribution in [0.3, 0.4) is 0 Å². The highest BCUT2D eigenvalue weighted by atomic mass is 19.3. The van der Waals surface area contributed by atoms with Crippen molar-refractivity contribution in [3.8, 4) is 5.82 Å². The van der Waals surface area contributed by atoms with Gasteiger partial charge in [-0.2, -0.15) is 9.97 Å². The molecule has 3 aliphatic rings. The highest BCUT2D eigenvalue weighted by molar-refractivity contribution is 5.79. The van der Waals surface area contributed by atoms with E-state index in [0.717, 1.165) is 51.6 Å². The molecular formula is C28H36F2N8O2. The minimum atomic E-state index is -2.76. The maximum absolute atomic E-state index is 14.1. The first kappa shape index (κ1) is 26.8. The number of aromatic nitrogens is 4. The second-order valence-electron chi connectivity index (χ2n) is 10.8. The van der Waals surface area contributed by atoms with E-state index in [2.05, 4.69) is 25.8 Å². The Morgan fingerprint density at radius 3 is 2.40 bits per heavy atom. The van der Waals surface area contributed by atoms with E-state index in [1.165, 1.54) is 4.57 Å². The van der Waals surface area contributed by atoms with Gasteiger partial charge in [-0.3, -0.25) is 9.36 Å². The van der Waals surface area contributed by atoms with Gasteiger partial charge in [0.05, 0.1) is 24.2 Å². The lowest BCUT2D eigenvalue weighted by atomic mass is 9.90. The summed E-state index contributed by atoms with van der Waals surface area (Å²) in [6, 6.07) is 9.13. The largest absolute Gasteiger partial charge is 0.378 e. The number of alkyl halides is 2. The van der Waals surface area contributed by atoms with Crippen LogP contribution in [0.15, 0.2) is 30.3 Å². The van der Waals surface area contributed by atoms with Crippen LogP contribution in [0.5, 0.6) is 0 Å². The van der Waals surface area contributed by atoms with Crippen LogP contribution in [0.4, 0.5) is 20.5 Å². The molecule has 0 unspecified atom stereocenters. The third kappa shape index (κ3) is 5.87. The lowest BCUT2D eigenvalue weighted by Crippen LogP contribution is -2.45. The fourth-order valence-corrected chi connectivity index (χ4v) is 5.96. The van der Waals surface area contributed by atoms with E-state index < -0.39 is 6.43 Å². The van der Waals surface area contributed by atoms with Crippen LogP contribution in [-0.4, -0.2) is 76.9 Å². The summed E-state index contributed by atoms with van der Waals surface area (Å²) in [4.78, 5) is 28.5. The fourth-order valence-electron chi connectivity index (χ4n) is 5.96. The van der Waals surface area contributed by atoms with Crippen LogP contribution < -0.4 is 20.9 Å². The number of para-hydroxylation sites is 2. The number of carbonyl (C=O) groups is 1. The highest BCUT2D eigenvalue weighted by Crippen LogP contribution is 2.30. The Bertz CT molecular complexity index is 1310. The van der Waals surface area contributed by atoms with E-state index in [4.69, 9.17) is 14.7 Å². The standard InChI is InChI=1S/C28H36F2N8O2/c29-25(30)26-34-21-3-1-2-4-22(21)38(26)24-17-23(37-13-15-40-16-14-37)35-28(36-24)33-20-7-5-19(6-8-20)32-27(39)18-9-11-31-12-10-18/h1-4,17-20,25,31H,5-16H2,(H,32,39)(H,33,35,36)/t19-,20-. The summed E-state index contributed by atoms with van der Waals surface area (Å²) in [7, 11) is 0. The number of nitrogens with one attached hydrogen (secondary N) is 3. The maximum Gasteiger partial charge on any atom is 0.296 e. The van der Waals surface area contributed by atoms with E-state index >= 15 is 0 Å². The molecule has 0 spiro atoms. The number of anilines is 2. The Balaban J connectivity index is 1.22. The molecule has 6 rings (SSSR count). The number of benzene rings is 1.